The van der Waals surface area contributed by atoms with Crippen LogP contribution in [-0.4, -0.2) is 29.3 Å². The van der Waals surface area contributed by atoms with Crippen LogP contribution in [0.4, 0.5) is 0 Å². The smallest absolute Gasteiger partial charge is 0.261 e. The number of carbonyl (C=O) groups is 1. The lowest BCUT2D eigenvalue weighted by atomic mass is 9.79. The highest BCUT2D eigenvalue weighted by Crippen LogP contribution is 2.50. The van der Waals surface area contributed by atoms with Crippen LogP contribution in [0.25, 0.3) is 0 Å². The van der Waals surface area contributed by atoms with Crippen molar-refractivity contribution in [3.05, 3.63) is 65.2 Å². The first-order valence-electron chi connectivity index (χ1n) is 8.30. The number of aliphatic imine (C=N–C) groups is 1. The molecule has 0 fully saturated rings. The van der Waals surface area contributed by atoms with Crippen LogP contribution in [0.5, 0.6) is 5.75 Å². The van der Waals surface area contributed by atoms with Crippen LogP contribution < -0.4 is 4.74 Å². The van der Waals surface area contributed by atoms with Crippen molar-refractivity contribution >= 4 is 22.8 Å². The molecule has 4 nitrogen and oxygen atoms in total. The van der Waals surface area contributed by atoms with Gasteiger partial charge in [-0.1, -0.05) is 53.7 Å². The fraction of sp³-hybridized carbons (Fsp3) is 0.300. The van der Waals surface area contributed by atoms with E-state index in [1.54, 1.807) is 11.9 Å². The molecule has 2 heterocycles. The van der Waals surface area contributed by atoms with Gasteiger partial charge in [-0.25, -0.2) is 4.99 Å². The maximum atomic E-state index is 13.2. The van der Waals surface area contributed by atoms with Crippen molar-refractivity contribution in [2.75, 3.05) is 13.3 Å². The molecule has 0 aromatic heterocycles. The largest absolute Gasteiger partial charge is 0.485 e. The van der Waals surface area contributed by atoms with Crippen LogP contribution >= 0.6 is 11.8 Å². The van der Waals surface area contributed by atoms with Gasteiger partial charge in [-0.15, -0.1) is 0 Å². The van der Waals surface area contributed by atoms with Crippen LogP contribution in [0.2, 0.25) is 0 Å². The summed E-state index contributed by atoms with van der Waals surface area (Å²) in [5, 5.41) is 0.756. The molecule has 2 atom stereocenters. The average Bonchev–Trinajstić information content (AvgIpc) is 2.88. The number of aryl methyl sites for hydroxylation is 1. The van der Waals surface area contributed by atoms with Crippen LogP contribution in [0.3, 0.4) is 0 Å². The molecule has 0 radical (unpaired) electrons. The minimum absolute atomic E-state index is 0.0212. The van der Waals surface area contributed by atoms with Crippen molar-refractivity contribution in [3.63, 3.8) is 0 Å². The number of rotatable bonds is 1. The molecule has 2 aromatic rings. The van der Waals surface area contributed by atoms with Crippen molar-refractivity contribution in [1.82, 2.24) is 4.90 Å². The van der Waals surface area contributed by atoms with Crippen LogP contribution in [0.15, 0.2) is 53.5 Å². The Morgan fingerprint density at radius 3 is 2.68 bits per heavy atom. The van der Waals surface area contributed by atoms with Gasteiger partial charge in [-0.05, 0) is 30.9 Å². The number of nitrogens with zero attached hydrogens (tertiary/aromatic N) is 2. The highest BCUT2D eigenvalue weighted by atomic mass is 32.2. The highest BCUT2D eigenvalue weighted by Gasteiger charge is 2.53. The van der Waals surface area contributed by atoms with E-state index >= 15 is 0 Å². The van der Waals surface area contributed by atoms with Crippen LogP contribution in [-0.2, 0) is 10.3 Å². The maximum absolute atomic E-state index is 13.2. The van der Waals surface area contributed by atoms with Gasteiger partial charge in [-0.2, -0.15) is 0 Å². The first kappa shape index (κ1) is 16.2. The summed E-state index contributed by atoms with van der Waals surface area (Å²) in [6, 6.07) is 16.1. The molecular weight excluding hydrogens is 332 g/mol. The van der Waals surface area contributed by atoms with Gasteiger partial charge in [0.25, 0.3) is 5.91 Å². The molecule has 128 valence electrons. The van der Waals surface area contributed by atoms with Gasteiger partial charge in [0.15, 0.2) is 10.7 Å². The number of carbonyl (C=O) groups excluding carboxylic acids is 1. The minimum atomic E-state index is -0.896. The molecule has 0 saturated heterocycles. The first-order valence-corrected chi connectivity index (χ1v) is 9.52. The number of ether oxygens (including phenoxy) is 1. The Morgan fingerprint density at radius 1 is 1.24 bits per heavy atom. The van der Waals surface area contributed by atoms with Crippen LogP contribution in [0, 0.1) is 6.92 Å². The summed E-state index contributed by atoms with van der Waals surface area (Å²) in [4.78, 5) is 19.8. The topological polar surface area (TPSA) is 41.9 Å². The summed E-state index contributed by atoms with van der Waals surface area (Å²) >= 11 is 1.50. The van der Waals surface area contributed by atoms with E-state index in [2.05, 4.69) is 0 Å². The Labute approximate surface area is 151 Å². The van der Waals surface area contributed by atoms with Crippen molar-refractivity contribution in [2.45, 2.75) is 25.0 Å². The molecule has 2 aromatic carbocycles. The Bertz CT molecular complexity index is 865. The predicted octanol–water partition coefficient (Wildman–Crippen LogP) is 3.91. The number of hydrogen-bond acceptors (Lipinski definition) is 4. The molecule has 1 amide bonds. The van der Waals surface area contributed by atoms with E-state index in [1.807, 2.05) is 61.7 Å². The molecule has 4 rings (SSSR count). The molecule has 0 aliphatic carbocycles. The summed E-state index contributed by atoms with van der Waals surface area (Å²) in [6.07, 6.45) is 2.27. The monoisotopic (exact) mass is 352 g/mol. The average molecular weight is 352 g/mol. The number of hydrogen-bond donors (Lipinski definition) is 0. The van der Waals surface area contributed by atoms with E-state index in [1.165, 1.54) is 11.8 Å². The zero-order chi connectivity index (χ0) is 17.6. The lowest BCUT2D eigenvalue weighted by Gasteiger charge is -2.37. The van der Waals surface area contributed by atoms with E-state index in [0.29, 0.717) is 6.42 Å². The lowest BCUT2D eigenvalue weighted by Crippen LogP contribution is -2.42. The van der Waals surface area contributed by atoms with E-state index in [0.717, 1.165) is 27.6 Å². The molecular formula is C20H20N2O2S. The number of amides is 1. The molecule has 2 aliphatic heterocycles. The number of likely N-dealkylation sites (N-methyl/N-ethyl adjacent to an activating group) is 1. The van der Waals surface area contributed by atoms with Gasteiger partial charge < -0.3 is 4.74 Å². The fourth-order valence-corrected chi connectivity index (χ4v) is 4.24. The molecule has 2 aliphatic rings. The quantitative estimate of drug-likeness (QED) is 0.781. The van der Waals surface area contributed by atoms with Gasteiger partial charge in [0.05, 0.1) is 0 Å². The van der Waals surface area contributed by atoms with E-state index in [4.69, 9.17) is 9.73 Å². The lowest BCUT2D eigenvalue weighted by molar-refractivity contribution is -0.132. The summed E-state index contributed by atoms with van der Waals surface area (Å²) in [7, 11) is 1.80. The summed E-state index contributed by atoms with van der Waals surface area (Å²) in [5.41, 5.74) is 2.15. The van der Waals surface area contributed by atoms with Crippen LogP contribution in [0.1, 0.15) is 29.2 Å². The molecule has 2 unspecified atom stereocenters. The summed E-state index contributed by atoms with van der Waals surface area (Å²) < 4.78 is 6.27. The van der Waals surface area contributed by atoms with Gasteiger partial charge >= 0.3 is 0 Å². The second-order valence-corrected chi connectivity index (χ2v) is 7.32. The third-order valence-corrected chi connectivity index (χ3v) is 5.65. The van der Waals surface area contributed by atoms with Crippen molar-refractivity contribution in [2.24, 2.45) is 4.99 Å². The standard InChI is InChI=1S/C20H20N2O2S/c1-13-9-10-16-15(11-13)20(18(23)22(2)19(21-20)25-3)12-17(24-16)14-7-5-4-6-8-14/h4-11,17H,12H2,1-3H3. The van der Waals surface area contributed by atoms with Gasteiger partial charge in [-0.3, -0.25) is 9.69 Å². The first-order chi connectivity index (χ1) is 12.0. The van der Waals surface area contributed by atoms with Crippen molar-refractivity contribution < 1.29 is 9.53 Å². The van der Waals surface area contributed by atoms with Gasteiger partial charge in [0.2, 0.25) is 0 Å². The molecule has 0 bridgehead atoms. The SMILES string of the molecule is CSC1=NC2(CC(c3ccccc3)Oc3ccc(C)cc32)C(=O)N1C. The van der Waals surface area contributed by atoms with Crippen molar-refractivity contribution in [1.29, 1.82) is 0 Å². The number of benzene rings is 2. The third kappa shape index (κ3) is 2.45. The Kier molecular flexibility index (Phi) is 3.84. The van der Waals surface area contributed by atoms with Gasteiger partial charge in [0.1, 0.15) is 11.9 Å². The number of amidine groups is 1. The molecule has 0 saturated carbocycles. The predicted molar refractivity (Wildman–Crippen MR) is 101 cm³/mol. The second kappa shape index (κ2) is 5.92. The minimum Gasteiger partial charge on any atom is -0.485 e. The Balaban J connectivity index is 1.89. The zero-order valence-electron chi connectivity index (χ0n) is 14.5. The van der Waals surface area contributed by atoms with Crippen molar-refractivity contribution in [3.8, 4) is 5.75 Å². The van der Waals surface area contributed by atoms with E-state index in [-0.39, 0.29) is 12.0 Å². The number of fused-ring (bicyclic) bond motifs is 2. The molecule has 5 heteroatoms. The van der Waals surface area contributed by atoms with Gasteiger partial charge in [0, 0.05) is 19.0 Å². The molecule has 25 heavy (non-hydrogen) atoms. The third-order valence-electron chi connectivity index (χ3n) is 4.92. The maximum Gasteiger partial charge on any atom is 0.261 e. The normalized spacial score (nSPS) is 24.9. The molecule has 0 N–H and O–H groups in total. The fourth-order valence-electron chi connectivity index (χ4n) is 3.64. The molecule has 1 spiro atoms. The second-order valence-electron chi connectivity index (χ2n) is 6.54. The van der Waals surface area contributed by atoms with E-state index in [9.17, 15) is 4.79 Å². The zero-order valence-corrected chi connectivity index (χ0v) is 15.3. The summed E-state index contributed by atoms with van der Waals surface area (Å²) in [5.74, 6) is 0.770. The Hall–Kier alpha value is -2.27. The number of thioether (sulfide) groups is 1. The Morgan fingerprint density at radius 2 is 2.00 bits per heavy atom. The van der Waals surface area contributed by atoms with E-state index < -0.39 is 5.54 Å². The summed E-state index contributed by atoms with van der Waals surface area (Å²) in [6.45, 7) is 2.03. The highest BCUT2D eigenvalue weighted by molar-refractivity contribution is 8.13.